The zero-order valence-corrected chi connectivity index (χ0v) is 31.7. The minimum atomic E-state index is -0.219. The Balaban J connectivity index is 1.09. The lowest BCUT2D eigenvalue weighted by molar-refractivity contribution is 0.666. The molecular weight excluding hydrogens is 675 g/mol. The molecule has 0 amide bonds. The van der Waals surface area contributed by atoms with E-state index >= 15 is 0 Å². The van der Waals surface area contributed by atoms with Gasteiger partial charge in [-0.05, 0) is 120 Å². The summed E-state index contributed by atoms with van der Waals surface area (Å²) in [6.45, 7) is 4.80. The molecule has 1 heteroatoms. The Hall–Kier alpha value is -6.96. The normalized spacial score (nSPS) is 12.6. The van der Waals surface area contributed by atoms with Crippen molar-refractivity contribution in [1.82, 2.24) is 0 Å². The van der Waals surface area contributed by atoms with Crippen LogP contribution in [0.25, 0.3) is 66.4 Å². The molecular formula is C55H41N. The van der Waals surface area contributed by atoms with Crippen molar-refractivity contribution in [2.45, 2.75) is 19.3 Å². The van der Waals surface area contributed by atoms with E-state index in [4.69, 9.17) is 0 Å². The molecule has 0 fully saturated rings. The van der Waals surface area contributed by atoms with Crippen LogP contribution in [-0.2, 0) is 5.41 Å². The third-order valence-corrected chi connectivity index (χ3v) is 11.6. The van der Waals surface area contributed by atoms with Gasteiger partial charge in [-0.15, -0.1) is 0 Å². The largest absolute Gasteiger partial charge is 0.310 e. The van der Waals surface area contributed by atoms with Crippen LogP contribution in [0.4, 0.5) is 17.1 Å². The number of fused-ring (bicyclic) bond motifs is 5. The van der Waals surface area contributed by atoms with Crippen molar-refractivity contribution in [3.8, 4) is 55.6 Å². The number of rotatable bonds is 7. The number of anilines is 3. The Morgan fingerprint density at radius 3 is 1.27 bits per heavy atom. The Morgan fingerprint density at radius 1 is 0.339 bits per heavy atom. The first-order chi connectivity index (χ1) is 27.5. The number of nitrogens with zero attached hydrogens (tertiary/aromatic N) is 1. The van der Waals surface area contributed by atoms with Gasteiger partial charge in [-0.25, -0.2) is 0 Å². The van der Waals surface area contributed by atoms with Gasteiger partial charge in [-0.1, -0.05) is 184 Å². The average Bonchev–Trinajstić information content (AvgIpc) is 3.51. The molecule has 0 spiro atoms. The van der Waals surface area contributed by atoms with E-state index in [1.165, 1.54) is 77.5 Å². The second-order valence-electron chi connectivity index (χ2n) is 15.4. The first-order valence-electron chi connectivity index (χ1n) is 19.5. The van der Waals surface area contributed by atoms with Crippen molar-refractivity contribution < 1.29 is 0 Å². The SMILES string of the molecule is CC1(C)c2cc(N(c3ccc(-c4ccccc4)cc3)c3ccc(-c4ccc(-c5ccccc5)cc4)cc3)ccc2-c2c(-c3ccccc3)cc3ccccc3c21. The molecule has 0 N–H and O–H groups in total. The maximum Gasteiger partial charge on any atom is 0.0465 e. The van der Waals surface area contributed by atoms with Crippen LogP contribution in [0.3, 0.4) is 0 Å². The highest BCUT2D eigenvalue weighted by Crippen LogP contribution is 2.56. The summed E-state index contributed by atoms with van der Waals surface area (Å²) in [5.41, 5.74) is 18.4. The number of hydrogen-bond donors (Lipinski definition) is 0. The predicted octanol–water partition coefficient (Wildman–Crippen LogP) is 15.3. The first-order valence-corrected chi connectivity index (χ1v) is 19.5. The van der Waals surface area contributed by atoms with Crippen LogP contribution in [-0.4, -0.2) is 0 Å². The molecule has 9 aromatic rings. The molecule has 1 aliphatic rings. The summed E-state index contributed by atoms with van der Waals surface area (Å²) in [5, 5.41) is 2.60. The molecule has 0 aliphatic heterocycles. The van der Waals surface area contributed by atoms with Crippen LogP contribution in [0.1, 0.15) is 25.0 Å². The summed E-state index contributed by atoms with van der Waals surface area (Å²) in [7, 11) is 0. The lowest BCUT2D eigenvalue weighted by Gasteiger charge is -2.28. The van der Waals surface area contributed by atoms with Gasteiger partial charge in [0.1, 0.15) is 0 Å². The van der Waals surface area contributed by atoms with Gasteiger partial charge in [-0.3, -0.25) is 0 Å². The highest BCUT2D eigenvalue weighted by Gasteiger charge is 2.39. The van der Waals surface area contributed by atoms with E-state index in [0.717, 1.165) is 17.1 Å². The van der Waals surface area contributed by atoms with E-state index in [1.807, 2.05) is 0 Å². The van der Waals surface area contributed by atoms with E-state index in [9.17, 15) is 0 Å². The topological polar surface area (TPSA) is 3.24 Å². The average molecular weight is 716 g/mol. The molecule has 10 rings (SSSR count). The van der Waals surface area contributed by atoms with Crippen LogP contribution in [0.5, 0.6) is 0 Å². The summed E-state index contributed by atoms with van der Waals surface area (Å²) in [5.74, 6) is 0. The van der Waals surface area contributed by atoms with Gasteiger partial charge in [0, 0.05) is 22.5 Å². The van der Waals surface area contributed by atoms with Crippen LogP contribution in [0, 0.1) is 0 Å². The number of benzene rings is 9. The first kappa shape index (κ1) is 33.6. The standard InChI is InChI=1S/C55H41N/c1-55(2)52-37-48(34-35-50(52)53-51(44-18-10-5-11-19-44)36-45-20-12-13-21-49(45)54(53)55)56(46-30-26-42(27-31-46)39-16-8-4-9-17-39)47-32-28-43(29-33-47)41-24-22-40(23-25-41)38-14-6-3-7-15-38/h3-37H,1-2H3. The van der Waals surface area contributed by atoms with Gasteiger partial charge >= 0.3 is 0 Å². The van der Waals surface area contributed by atoms with Crippen LogP contribution in [0.2, 0.25) is 0 Å². The zero-order chi connectivity index (χ0) is 37.6. The van der Waals surface area contributed by atoms with Crippen molar-refractivity contribution >= 4 is 27.8 Å². The summed E-state index contributed by atoms with van der Waals surface area (Å²) in [4.78, 5) is 2.41. The molecule has 0 unspecified atom stereocenters. The summed E-state index contributed by atoms with van der Waals surface area (Å²) in [6.07, 6.45) is 0. The summed E-state index contributed by atoms with van der Waals surface area (Å²) >= 11 is 0. The van der Waals surface area contributed by atoms with Crippen molar-refractivity contribution in [2.75, 3.05) is 4.90 Å². The molecule has 1 aliphatic carbocycles. The minimum Gasteiger partial charge on any atom is -0.310 e. The van der Waals surface area contributed by atoms with Crippen LogP contribution >= 0.6 is 0 Å². The lowest BCUT2D eigenvalue weighted by atomic mass is 9.79. The smallest absolute Gasteiger partial charge is 0.0465 e. The molecule has 266 valence electrons. The van der Waals surface area contributed by atoms with E-state index in [-0.39, 0.29) is 5.41 Å². The monoisotopic (exact) mass is 715 g/mol. The second-order valence-corrected chi connectivity index (χ2v) is 15.4. The molecule has 9 aromatic carbocycles. The highest BCUT2D eigenvalue weighted by molar-refractivity contribution is 6.05. The lowest BCUT2D eigenvalue weighted by Crippen LogP contribution is -2.17. The van der Waals surface area contributed by atoms with Crippen molar-refractivity contribution in [3.63, 3.8) is 0 Å². The highest BCUT2D eigenvalue weighted by atomic mass is 15.1. The van der Waals surface area contributed by atoms with Gasteiger partial charge in [0.15, 0.2) is 0 Å². The predicted molar refractivity (Wildman–Crippen MR) is 238 cm³/mol. The van der Waals surface area contributed by atoms with Gasteiger partial charge in [0.25, 0.3) is 0 Å². The fraction of sp³-hybridized carbons (Fsp3) is 0.0545. The second kappa shape index (κ2) is 13.7. The Bertz CT molecular complexity index is 2820. The van der Waals surface area contributed by atoms with E-state index < -0.39 is 0 Å². The maximum absolute atomic E-state index is 2.44. The number of hydrogen-bond acceptors (Lipinski definition) is 1. The van der Waals surface area contributed by atoms with Crippen LogP contribution < -0.4 is 4.90 Å². The Morgan fingerprint density at radius 2 is 0.750 bits per heavy atom. The summed E-state index contributed by atoms with van der Waals surface area (Å²) in [6, 6.07) is 77.4. The molecule has 0 radical (unpaired) electrons. The molecule has 56 heavy (non-hydrogen) atoms. The molecule has 0 bridgehead atoms. The maximum atomic E-state index is 2.44. The minimum absolute atomic E-state index is 0.219. The fourth-order valence-electron chi connectivity index (χ4n) is 8.83. The van der Waals surface area contributed by atoms with Crippen molar-refractivity contribution in [1.29, 1.82) is 0 Å². The molecule has 0 atom stereocenters. The van der Waals surface area contributed by atoms with E-state index in [1.54, 1.807) is 0 Å². The van der Waals surface area contributed by atoms with Gasteiger partial charge in [0.05, 0.1) is 0 Å². The van der Waals surface area contributed by atoms with Gasteiger partial charge < -0.3 is 4.90 Å². The van der Waals surface area contributed by atoms with Crippen molar-refractivity contribution in [2.24, 2.45) is 0 Å². The fourth-order valence-corrected chi connectivity index (χ4v) is 8.83. The third kappa shape index (κ3) is 5.81. The molecule has 0 aromatic heterocycles. The Labute approximate surface area is 329 Å². The van der Waals surface area contributed by atoms with Crippen molar-refractivity contribution in [3.05, 3.63) is 223 Å². The van der Waals surface area contributed by atoms with Crippen LogP contribution in [0.15, 0.2) is 212 Å². The van der Waals surface area contributed by atoms with Gasteiger partial charge in [0.2, 0.25) is 0 Å². The van der Waals surface area contributed by atoms with Gasteiger partial charge in [-0.2, -0.15) is 0 Å². The van der Waals surface area contributed by atoms with E-state index in [2.05, 4.69) is 231 Å². The quantitative estimate of drug-likeness (QED) is 0.159. The third-order valence-electron chi connectivity index (χ3n) is 11.6. The summed E-state index contributed by atoms with van der Waals surface area (Å²) < 4.78 is 0. The Kier molecular flexibility index (Phi) is 8.23. The molecule has 0 saturated carbocycles. The molecule has 0 saturated heterocycles. The van der Waals surface area contributed by atoms with E-state index in [0.29, 0.717) is 0 Å². The molecule has 1 nitrogen and oxygen atoms in total. The zero-order valence-electron chi connectivity index (χ0n) is 31.7. The molecule has 0 heterocycles.